The van der Waals surface area contributed by atoms with E-state index < -0.39 is 84.5 Å². The number of imide groups is 1. The maximum absolute atomic E-state index is 13.6. The minimum Gasteiger partial charge on any atom is -0.481 e. The van der Waals surface area contributed by atoms with Gasteiger partial charge in [0.1, 0.15) is 31.3 Å². The summed E-state index contributed by atoms with van der Waals surface area (Å²) in [4.78, 5) is 111. The molecule has 0 aliphatic carbocycles. The average Bonchev–Trinajstić information content (AvgIpc) is 3.37. The Morgan fingerprint density at radius 3 is 1.98 bits per heavy atom. The number of hydrogen-bond acceptors (Lipinski definition) is 10. The van der Waals surface area contributed by atoms with E-state index in [0.717, 1.165) is 12.2 Å². The molecule has 0 aromatic heterocycles. The van der Waals surface area contributed by atoms with E-state index in [1.54, 1.807) is 52.0 Å². The van der Waals surface area contributed by atoms with E-state index in [4.69, 9.17) is 10.5 Å². The lowest BCUT2D eigenvalue weighted by Crippen LogP contribution is -2.58. The number of aliphatic carboxylic acids is 1. The lowest BCUT2D eigenvalue weighted by Gasteiger charge is -2.27. The maximum atomic E-state index is 13.6. The van der Waals surface area contributed by atoms with Crippen molar-refractivity contribution in [3.8, 4) is 0 Å². The van der Waals surface area contributed by atoms with Crippen LogP contribution in [0.4, 0.5) is 10.5 Å². The number of carbonyl (C=O) groups is 9. The number of esters is 1. The zero-order valence-electron chi connectivity index (χ0n) is 28.9. The van der Waals surface area contributed by atoms with Crippen molar-refractivity contribution in [2.45, 2.75) is 78.1 Å². The number of urea groups is 1. The van der Waals surface area contributed by atoms with Gasteiger partial charge in [0.05, 0.1) is 5.92 Å². The third-order valence-corrected chi connectivity index (χ3v) is 7.42. The number of carboxylic acids is 1. The lowest BCUT2D eigenvalue weighted by molar-refractivity contribution is -0.148. The fourth-order valence-corrected chi connectivity index (χ4v) is 4.58. The number of hydrogen-bond donors (Lipinski definition) is 7. The summed E-state index contributed by atoms with van der Waals surface area (Å²) in [5.74, 6) is -7.17. The van der Waals surface area contributed by atoms with Crippen LogP contribution in [0.15, 0.2) is 36.4 Å². The van der Waals surface area contributed by atoms with Gasteiger partial charge in [-0.3, -0.25) is 43.3 Å². The second kappa shape index (κ2) is 20.0. The number of rotatable bonds is 20. The summed E-state index contributed by atoms with van der Waals surface area (Å²) in [5, 5.41) is 21.7. The van der Waals surface area contributed by atoms with Crippen LogP contribution in [0.2, 0.25) is 0 Å². The number of carboxylic acid groups (broad SMARTS) is 1. The van der Waals surface area contributed by atoms with E-state index in [1.165, 1.54) is 0 Å². The number of primary amides is 1. The second-order valence-electron chi connectivity index (χ2n) is 12.3. The zero-order chi connectivity index (χ0) is 38.2. The Labute approximate surface area is 294 Å². The van der Waals surface area contributed by atoms with E-state index in [2.05, 4.69) is 26.6 Å². The highest BCUT2D eigenvalue weighted by Gasteiger charge is 2.33. The first-order chi connectivity index (χ1) is 24.0. The van der Waals surface area contributed by atoms with Gasteiger partial charge in [-0.15, -0.1) is 0 Å². The highest BCUT2D eigenvalue weighted by molar-refractivity contribution is 6.14. The molecule has 0 bridgehead atoms. The molecule has 278 valence electrons. The largest absolute Gasteiger partial charge is 0.481 e. The predicted molar refractivity (Wildman–Crippen MR) is 180 cm³/mol. The van der Waals surface area contributed by atoms with Crippen molar-refractivity contribution in [3.63, 3.8) is 0 Å². The Hall–Kier alpha value is -5.81. The van der Waals surface area contributed by atoms with Gasteiger partial charge < -0.3 is 42.2 Å². The highest BCUT2D eigenvalue weighted by atomic mass is 16.5. The van der Waals surface area contributed by atoms with Crippen LogP contribution in [0, 0.1) is 11.8 Å². The molecule has 0 unspecified atom stereocenters. The first kappa shape index (κ1) is 41.4. The molecule has 0 fully saturated rings. The quantitative estimate of drug-likeness (QED) is 0.0522. The van der Waals surface area contributed by atoms with Crippen molar-refractivity contribution in [1.82, 2.24) is 26.2 Å². The number of anilines is 1. The zero-order valence-corrected chi connectivity index (χ0v) is 28.9. The molecule has 1 heterocycles. The fourth-order valence-electron chi connectivity index (χ4n) is 4.58. The van der Waals surface area contributed by atoms with Gasteiger partial charge in [0.2, 0.25) is 23.6 Å². The third-order valence-electron chi connectivity index (χ3n) is 7.42. The summed E-state index contributed by atoms with van der Waals surface area (Å²) < 4.78 is 5.21. The molecule has 3 atom stereocenters. The van der Waals surface area contributed by atoms with Crippen molar-refractivity contribution in [2.24, 2.45) is 17.6 Å². The summed E-state index contributed by atoms with van der Waals surface area (Å²) in [6.45, 7) is 6.06. The Balaban J connectivity index is 2.17. The first-order valence-corrected chi connectivity index (χ1v) is 16.2. The van der Waals surface area contributed by atoms with Crippen LogP contribution in [0.25, 0.3) is 0 Å². The van der Waals surface area contributed by atoms with Crippen molar-refractivity contribution in [2.75, 3.05) is 18.4 Å². The van der Waals surface area contributed by atoms with Gasteiger partial charge in [0.15, 0.2) is 0 Å². The van der Waals surface area contributed by atoms with E-state index in [1.807, 2.05) is 0 Å². The van der Waals surface area contributed by atoms with Crippen molar-refractivity contribution in [3.05, 3.63) is 42.0 Å². The van der Waals surface area contributed by atoms with Gasteiger partial charge in [-0.25, -0.2) is 4.79 Å². The van der Waals surface area contributed by atoms with Crippen LogP contribution in [-0.2, 0) is 49.7 Å². The minimum absolute atomic E-state index is 0.0369. The maximum Gasteiger partial charge on any atom is 0.312 e. The van der Waals surface area contributed by atoms with Crippen molar-refractivity contribution < 1.29 is 53.0 Å². The molecule has 1 aromatic carbocycles. The number of nitrogens with two attached hydrogens (primary N) is 1. The van der Waals surface area contributed by atoms with Gasteiger partial charge in [-0.2, -0.15) is 0 Å². The van der Waals surface area contributed by atoms with Crippen LogP contribution in [0.1, 0.15) is 58.9 Å². The molecular formula is C33H45N7O11. The molecule has 1 aliphatic heterocycles. The van der Waals surface area contributed by atoms with E-state index in [0.29, 0.717) is 16.2 Å². The minimum atomic E-state index is -1.46. The Morgan fingerprint density at radius 1 is 0.824 bits per heavy atom. The van der Waals surface area contributed by atoms with Crippen LogP contribution in [-0.4, -0.2) is 94.6 Å². The molecule has 18 nitrogen and oxygen atoms in total. The molecule has 1 aliphatic rings. The van der Waals surface area contributed by atoms with Gasteiger partial charge in [-0.05, 0) is 42.9 Å². The molecule has 0 spiro atoms. The summed E-state index contributed by atoms with van der Waals surface area (Å²) in [5.41, 5.74) is 6.16. The molecular weight excluding hydrogens is 670 g/mol. The van der Waals surface area contributed by atoms with E-state index in [-0.39, 0.29) is 44.3 Å². The summed E-state index contributed by atoms with van der Waals surface area (Å²) in [6.07, 6.45) is 1.30. The Bertz CT molecular complexity index is 1490. The first-order valence-electron chi connectivity index (χ1n) is 16.2. The van der Waals surface area contributed by atoms with Crippen molar-refractivity contribution in [1.29, 1.82) is 0 Å². The molecule has 8 N–H and O–H groups in total. The molecule has 2 rings (SSSR count). The average molecular weight is 716 g/mol. The van der Waals surface area contributed by atoms with E-state index in [9.17, 15) is 48.3 Å². The Kier molecular flexibility index (Phi) is 16.2. The summed E-state index contributed by atoms with van der Waals surface area (Å²) >= 11 is 0. The fraction of sp³-hybridized carbons (Fsp3) is 0.485. The Morgan fingerprint density at radius 2 is 1.43 bits per heavy atom. The molecule has 1 aromatic rings. The highest BCUT2D eigenvalue weighted by Crippen LogP contribution is 2.14. The summed E-state index contributed by atoms with van der Waals surface area (Å²) in [7, 11) is 0. The van der Waals surface area contributed by atoms with Gasteiger partial charge >= 0.3 is 18.0 Å². The van der Waals surface area contributed by atoms with Gasteiger partial charge in [0, 0.05) is 30.8 Å². The molecule has 0 radical (unpaired) electrons. The van der Waals surface area contributed by atoms with Crippen LogP contribution in [0.5, 0.6) is 0 Å². The van der Waals surface area contributed by atoms with Crippen LogP contribution in [0.3, 0.4) is 0 Å². The van der Waals surface area contributed by atoms with Gasteiger partial charge in [0.25, 0.3) is 11.8 Å². The summed E-state index contributed by atoms with van der Waals surface area (Å²) in [6, 6.07) is 1.80. The standard InChI is InChI=1S/C33H45N7O11/c1-18(2)28(39-30(47)23(11-14-27(44)45)37-24(41)16-40-25(42)12-13-26(40)43)31(48)38-22(6-5-15-35-33(34)50)29(46)36-21-9-7-20(8-10-21)17-51-32(49)19(3)4/h7-10,12-13,18-19,22-23,28H,5-6,11,14-17H2,1-4H3,(H,36,46)(H,37,41)(H,38,48)(H,39,47)(H,44,45)(H3,34,35,50)/t22-,23-,28-/m0/s1. The molecule has 0 saturated carbocycles. The number of nitrogens with zero attached hydrogens (tertiary/aromatic N) is 1. The molecule has 18 heteroatoms. The monoisotopic (exact) mass is 715 g/mol. The number of ether oxygens (including phenoxy) is 1. The van der Waals surface area contributed by atoms with Crippen LogP contribution >= 0.6 is 0 Å². The predicted octanol–water partition coefficient (Wildman–Crippen LogP) is -0.327. The number of carbonyl (C=O) groups excluding carboxylic acids is 8. The topological polar surface area (TPSA) is 272 Å². The third kappa shape index (κ3) is 14.3. The number of amides is 8. The second-order valence-corrected chi connectivity index (χ2v) is 12.3. The molecule has 0 saturated heterocycles. The molecule has 51 heavy (non-hydrogen) atoms. The number of nitrogens with one attached hydrogen (secondary N) is 5. The SMILES string of the molecule is CC(C)C(=O)OCc1ccc(NC(=O)[C@H](CCCNC(N)=O)NC(=O)[C@@H](NC(=O)[C@H](CCC(=O)O)NC(=O)CN2C(=O)C=CC2=O)C(C)C)cc1. The van der Waals surface area contributed by atoms with Gasteiger partial charge in [-0.1, -0.05) is 39.8 Å². The number of benzene rings is 1. The lowest BCUT2D eigenvalue weighted by atomic mass is 10.0. The van der Waals surface area contributed by atoms with Crippen LogP contribution < -0.4 is 32.3 Å². The molecule has 8 amide bonds. The normalized spacial score (nSPS) is 14.0. The smallest absolute Gasteiger partial charge is 0.312 e. The van der Waals surface area contributed by atoms with E-state index >= 15 is 0 Å². The van der Waals surface area contributed by atoms with Crippen molar-refractivity contribution >= 4 is 59.1 Å².